The first kappa shape index (κ1) is 12.0. The number of pyridine rings is 1. The highest BCUT2D eigenvalue weighted by Crippen LogP contribution is 2.23. The van der Waals surface area contributed by atoms with E-state index in [2.05, 4.69) is 4.98 Å². The van der Waals surface area contributed by atoms with Crippen molar-refractivity contribution >= 4 is 23.7 Å². The second-order valence-electron chi connectivity index (χ2n) is 3.93. The molecule has 0 aromatic carbocycles. The van der Waals surface area contributed by atoms with E-state index in [9.17, 15) is 14.4 Å². The summed E-state index contributed by atoms with van der Waals surface area (Å²) in [5.41, 5.74) is -0.181. The molecule has 1 aliphatic heterocycles. The zero-order chi connectivity index (χ0) is 13.3. The Balaban J connectivity index is 2.27. The van der Waals surface area contributed by atoms with Crippen molar-refractivity contribution < 1.29 is 24.6 Å². The van der Waals surface area contributed by atoms with Crippen LogP contribution in [0.1, 0.15) is 16.9 Å². The summed E-state index contributed by atoms with van der Waals surface area (Å²) in [5, 5.41) is 17.6. The topological polar surface area (TPSA) is 108 Å². The monoisotopic (exact) mass is 250 g/mol. The molecule has 1 amide bonds. The molecule has 94 valence electrons. The van der Waals surface area contributed by atoms with Gasteiger partial charge in [0.25, 0.3) is 0 Å². The molecule has 1 atom stereocenters. The van der Waals surface area contributed by atoms with Gasteiger partial charge in [-0.2, -0.15) is 0 Å². The van der Waals surface area contributed by atoms with Crippen LogP contribution in [0.25, 0.3) is 0 Å². The predicted molar refractivity (Wildman–Crippen MR) is 59.3 cm³/mol. The van der Waals surface area contributed by atoms with Gasteiger partial charge in [-0.25, -0.2) is 9.78 Å². The Morgan fingerprint density at radius 3 is 2.61 bits per heavy atom. The van der Waals surface area contributed by atoms with Crippen LogP contribution in [0.3, 0.4) is 0 Å². The highest BCUT2D eigenvalue weighted by Gasteiger charge is 2.35. The number of hydrogen-bond acceptors (Lipinski definition) is 4. The third-order valence-electron chi connectivity index (χ3n) is 2.70. The number of amides is 1. The third kappa shape index (κ3) is 2.15. The quantitative estimate of drug-likeness (QED) is 0.794. The molecule has 7 heteroatoms. The molecular weight excluding hydrogens is 240 g/mol. The van der Waals surface area contributed by atoms with Crippen LogP contribution < -0.4 is 4.90 Å². The van der Waals surface area contributed by atoms with Gasteiger partial charge in [-0.3, -0.25) is 14.5 Å². The van der Waals surface area contributed by atoms with Gasteiger partial charge in [0, 0.05) is 13.0 Å². The van der Waals surface area contributed by atoms with Crippen molar-refractivity contribution in [2.75, 3.05) is 11.4 Å². The molecule has 1 fully saturated rings. The van der Waals surface area contributed by atoms with Gasteiger partial charge in [0.1, 0.15) is 5.82 Å². The fraction of sp³-hybridized carbons (Fsp3) is 0.273. The summed E-state index contributed by atoms with van der Waals surface area (Å²) in [6.07, 6.45) is -0.0890. The molecule has 7 nitrogen and oxygen atoms in total. The number of nitrogens with zero attached hydrogens (tertiary/aromatic N) is 2. The number of carboxylic acid groups (broad SMARTS) is 2. The number of aliphatic carboxylic acids is 1. The molecule has 0 saturated carbocycles. The van der Waals surface area contributed by atoms with E-state index in [1.54, 1.807) is 0 Å². The maximum absolute atomic E-state index is 11.6. The largest absolute Gasteiger partial charge is 0.481 e. The minimum Gasteiger partial charge on any atom is -0.481 e. The number of carbonyl (C=O) groups is 3. The SMILES string of the molecule is O=C(O)c1cccc(N2CC(C(=O)O)CC2=O)n1. The maximum atomic E-state index is 11.6. The van der Waals surface area contributed by atoms with E-state index in [0.29, 0.717) is 0 Å². The van der Waals surface area contributed by atoms with Crippen LogP contribution in [0.15, 0.2) is 18.2 Å². The number of rotatable bonds is 3. The fourth-order valence-corrected chi connectivity index (χ4v) is 1.79. The lowest BCUT2D eigenvalue weighted by molar-refractivity contribution is -0.141. The fourth-order valence-electron chi connectivity index (χ4n) is 1.79. The van der Waals surface area contributed by atoms with Gasteiger partial charge >= 0.3 is 11.9 Å². The van der Waals surface area contributed by atoms with Crippen molar-refractivity contribution in [3.05, 3.63) is 23.9 Å². The highest BCUT2D eigenvalue weighted by atomic mass is 16.4. The van der Waals surface area contributed by atoms with Gasteiger partial charge in [-0.05, 0) is 12.1 Å². The summed E-state index contributed by atoms with van der Waals surface area (Å²) in [5.74, 6) is -3.20. The Labute approximate surface area is 102 Å². The van der Waals surface area contributed by atoms with Crippen LogP contribution in [-0.2, 0) is 9.59 Å². The number of hydrogen-bond donors (Lipinski definition) is 2. The Hall–Kier alpha value is -2.44. The van der Waals surface area contributed by atoms with Crippen molar-refractivity contribution in [3.63, 3.8) is 0 Å². The molecule has 2 N–H and O–H groups in total. The molecule has 0 radical (unpaired) electrons. The summed E-state index contributed by atoms with van der Waals surface area (Å²) in [6.45, 7) is 0.0181. The molecule has 0 spiro atoms. The van der Waals surface area contributed by atoms with Crippen LogP contribution in [0.2, 0.25) is 0 Å². The van der Waals surface area contributed by atoms with Crippen molar-refractivity contribution in [1.29, 1.82) is 0 Å². The average molecular weight is 250 g/mol. The number of carboxylic acids is 2. The minimum absolute atomic E-state index is 0.0181. The van der Waals surface area contributed by atoms with Crippen LogP contribution in [0, 0.1) is 5.92 Å². The average Bonchev–Trinajstić information content (AvgIpc) is 2.72. The number of carbonyl (C=O) groups excluding carboxylic acids is 1. The van der Waals surface area contributed by atoms with Crippen LogP contribution >= 0.6 is 0 Å². The Bertz CT molecular complexity index is 528. The van der Waals surface area contributed by atoms with E-state index < -0.39 is 17.9 Å². The molecule has 1 aromatic rings. The van der Waals surface area contributed by atoms with Crippen LogP contribution in [-0.4, -0.2) is 39.6 Å². The maximum Gasteiger partial charge on any atom is 0.354 e. The first-order valence-electron chi connectivity index (χ1n) is 5.22. The number of anilines is 1. The Kier molecular flexibility index (Phi) is 2.97. The van der Waals surface area contributed by atoms with Gasteiger partial charge in [0.2, 0.25) is 5.91 Å². The molecule has 1 aromatic heterocycles. The van der Waals surface area contributed by atoms with E-state index in [1.165, 1.54) is 23.1 Å². The van der Waals surface area contributed by atoms with E-state index in [0.717, 1.165) is 0 Å². The zero-order valence-corrected chi connectivity index (χ0v) is 9.24. The number of aromatic carboxylic acids is 1. The van der Waals surface area contributed by atoms with Gasteiger partial charge < -0.3 is 10.2 Å². The van der Waals surface area contributed by atoms with Crippen LogP contribution in [0.5, 0.6) is 0 Å². The zero-order valence-electron chi connectivity index (χ0n) is 9.24. The molecule has 1 saturated heterocycles. The summed E-state index contributed by atoms with van der Waals surface area (Å²) in [4.78, 5) is 38.2. The highest BCUT2D eigenvalue weighted by molar-refractivity contribution is 5.98. The molecule has 2 rings (SSSR count). The second-order valence-corrected chi connectivity index (χ2v) is 3.93. The molecule has 0 aliphatic carbocycles. The third-order valence-corrected chi connectivity index (χ3v) is 2.70. The standard InChI is InChI=1S/C11H10N2O5/c14-9-4-6(10(15)16)5-13(9)8-3-1-2-7(12-8)11(17)18/h1-3,6H,4-5H2,(H,15,16)(H,17,18). The smallest absolute Gasteiger partial charge is 0.354 e. The van der Waals surface area contributed by atoms with Crippen LogP contribution in [0.4, 0.5) is 5.82 Å². The molecule has 1 unspecified atom stereocenters. The van der Waals surface area contributed by atoms with Crippen molar-refractivity contribution in [1.82, 2.24) is 4.98 Å². The van der Waals surface area contributed by atoms with E-state index >= 15 is 0 Å². The van der Waals surface area contributed by atoms with Crippen molar-refractivity contribution in [2.45, 2.75) is 6.42 Å². The van der Waals surface area contributed by atoms with E-state index in [-0.39, 0.29) is 30.4 Å². The minimum atomic E-state index is -1.20. The predicted octanol–water partition coefficient (Wildman–Crippen LogP) is 0.217. The molecular formula is C11H10N2O5. The second kappa shape index (κ2) is 4.44. The Morgan fingerprint density at radius 2 is 2.06 bits per heavy atom. The summed E-state index contributed by atoms with van der Waals surface area (Å²) in [7, 11) is 0. The lowest BCUT2D eigenvalue weighted by Crippen LogP contribution is -2.27. The first-order valence-corrected chi connectivity index (χ1v) is 5.22. The van der Waals surface area contributed by atoms with Gasteiger partial charge in [-0.15, -0.1) is 0 Å². The van der Waals surface area contributed by atoms with Crippen molar-refractivity contribution in [3.8, 4) is 0 Å². The molecule has 0 bridgehead atoms. The van der Waals surface area contributed by atoms with Gasteiger partial charge in [0.15, 0.2) is 5.69 Å². The summed E-state index contributed by atoms with van der Waals surface area (Å²) in [6, 6.07) is 4.25. The van der Waals surface area contributed by atoms with E-state index in [4.69, 9.17) is 10.2 Å². The molecule has 1 aliphatic rings. The Morgan fingerprint density at radius 1 is 1.33 bits per heavy atom. The number of aromatic nitrogens is 1. The lowest BCUT2D eigenvalue weighted by Gasteiger charge is -2.14. The molecule has 2 heterocycles. The summed E-state index contributed by atoms with van der Waals surface area (Å²) < 4.78 is 0. The first-order chi connectivity index (χ1) is 8.49. The molecule has 18 heavy (non-hydrogen) atoms. The van der Waals surface area contributed by atoms with Crippen molar-refractivity contribution in [2.24, 2.45) is 5.92 Å². The summed E-state index contributed by atoms with van der Waals surface area (Å²) >= 11 is 0. The van der Waals surface area contributed by atoms with Gasteiger partial charge in [-0.1, -0.05) is 6.07 Å². The normalized spacial score (nSPS) is 19.0. The lowest BCUT2D eigenvalue weighted by atomic mass is 10.1. The van der Waals surface area contributed by atoms with Gasteiger partial charge in [0.05, 0.1) is 5.92 Å². The van der Waals surface area contributed by atoms with E-state index in [1.807, 2.05) is 0 Å².